The maximum atomic E-state index is 13.3. The summed E-state index contributed by atoms with van der Waals surface area (Å²) < 4.78 is 40.0. The second-order valence-electron chi connectivity index (χ2n) is 7.19. The molecular formula is C21H18Cl3F3N2O2. The molecule has 10 heteroatoms. The van der Waals surface area contributed by atoms with Gasteiger partial charge in [-0.05, 0) is 42.8 Å². The van der Waals surface area contributed by atoms with Crippen LogP contribution in [0.5, 0.6) is 0 Å². The lowest BCUT2D eigenvalue weighted by Gasteiger charge is -2.39. The van der Waals surface area contributed by atoms with E-state index < -0.39 is 29.3 Å². The van der Waals surface area contributed by atoms with E-state index in [0.717, 1.165) is 18.2 Å². The second kappa shape index (κ2) is 9.36. The second-order valence-corrected chi connectivity index (χ2v) is 8.47. The molecule has 2 aromatic carbocycles. The van der Waals surface area contributed by atoms with Gasteiger partial charge in [0.05, 0.1) is 17.2 Å². The molecule has 1 saturated heterocycles. The molecule has 0 aliphatic carbocycles. The minimum Gasteiger partial charge on any atom is -0.336 e. The highest BCUT2D eigenvalue weighted by atomic mass is 35.5. The molecule has 3 rings (SSSR count). The molecule has 31 heavy (non-hydrogen) atoms. The Kier molecular flexibility index (Phi) is 7.21. The van der Waals surface area contributed by atoms with Crippen molar-refractivity contribution in [2.24, 2.45) is 0 Å². The monoisotopic (exact) mass is 492 g/mol. The maximum absolute atomic E-state index is 13.3. The van der Waals surface area contributed by atoms with Crippen molar-refractivity contribution < 1.29 is 22.8 Å². The smallest absolute Gasteiger partial charge is 0.336 e. The number of halogens is 6. The molecule has 0 N–H and O–H groups in total. The van der Waals surface area contributed by atoms with Crippen LogP contribution < -0.4 is 0 Å². The quantitative estimate of drug-likeness (QED) is 0.544. The summed E-state index contributed by atoms with van der Waals surface area (Å²) >= 11 is 18.1. The molecule has 1 heterocycles. The van der Waals surface area contributed by atoms with Crippen LogP contribution in [0.2, 0.25) is 15.1 Å². The van der Waals surface area contributed by atoms with Gasteiger partial charge >= 0.3 is 6.18 Å². The van der Waals surface area contributed by atoms with E-state index in [4.69, 9.17) is 34.8 Å². The molecule has 166 valence electrons. The first-order chi connectivity index (χ1) is 14.5. The van der Waals surface area contributed by atoms with Crippen molar-refractivity contribution >= 4 is 46.5 Å². The van der Waals surface area contributed by atoms with E-state index in [0.29, 0.717) is 15.6 Å². The Labute approximate surface area is 192 Å². The highest BCUT2D eigenvalue weighted by Crippen LogP contribution is 2.35. The molecule has 1 unspecified atom stereocenters. The van der Waals surface area contributed by atoms with Crippen molar-refractivity contribution in [2.45, 2.75) is 19.1 Å². The Morgan fingerprint density at radius 1 is 0.935 bits per heavy atom. The number of rotatable bonds is 4. The lowest BCUT2D eigenvalue weighted by Crippen LogP contribution is -2.51. The van der Waals surface area contributed by atoms with E-state index in [9.17, 15) is 22.8 Å². The number of hydrogen-bond acceptors (Lipinski definition) is 3. The molecule has 0 aromatic heterocycles. The average Bonchev–Trinajstić information content (AvgIpc) is 2.68. The number of alkyl halides is 3. The van der Waals surface area contributed by atoms with Gasteiger partial charge in [0.1, 0.15) is 0 Å². The van der Waals surface area contributed by atoms with E-state index in [1.165, 1.54) is 11.8 Å². The van der Waals surface area contributed by atoms with Crippen molar-refractivity contribution in [3.63, 3.8) is 0 Å². The van der Waals surface area contributed by atoms with Crippen LogP contribution in [0, 0.1) is 0 Å². The highest BCUT2D eigenvalue weighted by Gasteiger charge is 2.37. The molecule has 4 nitrogen and oxygen atoms in total. The first kappa shape index (κ1) is 23.9. The number of amides is 1. The Morgan fingerprint density at radius 3 is 2.06 bits per heavy atom. The van der Waals surface area contributed by atoms with Crippen molar-refractivity contribution in [1.82, 2.24) is 9.80 Å². The normalized spacial score (nSPS) is 16.3. The van der Waals surface area contributed by atoms with Gasteiger partial charge in [0, 0.05) is 41.2 Å². The molecule has 1 fully saturated rings. The largest absolute Gasteiger partial charge is 0.417 e. The van der Waals surface area contributed by atoms with Gasteiger partial charge in [0.15, 0.2) is 5.78 Å². The summed E-state index contributed by atoms with van der Waals surface area (Å²) in [5, 5.41) is 0.831. The van der Waals surface area contributed by atoms with Gasteiger partial charge < -0.3 is 4.90 Å². The lowest BCUT2D eigenvalue weighted by atomic mass is 10.00. The third-order valence-electron chi connectivity index (χ3n) is 5.13. The fraction of sp³-hybridized carbons (Fsp3) is 0.333. The molecule has 0 bridgehead atoms. The number of ketones is 1. The van der Waals surface area contributed by atoms with Gasteiger partial charge in [-0.3, -0.25) is 14.5 Å². The average molecular weight is 494 g/mol. The fourth-order valence-corrected chi connectivity index (χ4v) is 4.37. The third-order valence-corrected chi connectivity index (χ3v) is 5.92. The summed E-state index contributed by atoms with van der Waals surface area (Å²) in [6.45, 7) is 2.32. The number of carbonyl (C=O) groups is 2. The van der Waals surface area contributed by atoms with Crippen molar-refractivity contribution in [2.75, 3.05) is 26.2 Å². The summed E-state index contributed by atoms with van der Waals surface area (Å²) in [6, 6.07) is 7.16. The van der Waals surface area contributed by atoms with Crippen molar-refractivity contribution in [1.29, 1.82) is 0 Å². The number of hydrogen-bond donors (Lipinski definition) is 0. The Balaban J connectivity index is 1.79. The number of nitrogens with zero attached hydrogens (tertiary/aromatic N) is 2. The van der Waals surface area contributed by atoms with Gasteiger partial charge in [-0.1, -0.05) is 40.9 Å². The minimum absolute atomic E-state index is 0.0454. The van der Waals surface area contributed by atoms with Crippen molar-refractivity contribution in [3.05, 3.63) is 68.2 Å². The first-order valence-corrected chi connectivity index (χ1v) is 10.5. The molecular weight excluding hydrogens is 476 g/mol. The predicted molar refractivity (Wildman–Crippen MR) is 114 cm³/mol. The molecule has 1 aliphatic heterocycles. The summed E-state index contributed by atoms with van der Waals surface area (Å²) in [5.74, 6) is -0.892. The topological polar surface area (TPSA) is 40.6 Å². The van der Waals surface area contributed by atoms with E-state index in [1.54, 1.807) is 18.2 Å². The molecule has 1 atom stereocenters. The molecule has 1 aliphatic rings. The van der Waals surface area contributed by atoms with E-state index >= 15 is 0 Å². The zero-order chi connectivity index (χ0) is 22.9. The zero-order valence-electron chi connectivity index (χ0n) is 16.3. The summed E-state index contributed by atoms with van der Waals surface area (Å²) in [4.78, 5) is 28.4. The first-order valence-electron chi connectivity index (χ1n) is 9.34. The Bertz CT molecular complexity index is 1010. The number of carbonyl (C=O) groups excluding carboxylic acids is 2. The van der Waals surface area contributed by atoms with Gasteiger partial charge in [-0.2, -0.15) is 13.2 Å². The van der Waals surface area contributed by atoms with Crippen molar-refractivity contribution in [3.8, 4) is 0 Å². The van der Waals surface area contributed by atoms with Crippen LogP contribution in [-0.4, -0.2) is 47.7 Å². The maximum Gasteiger partial charge on any atom is 0.417 e. The van der Waals surface area contributed by atoms with E-state index in [1.807, 2.05) is 4.90 Å². The van der Waals surface area contributed by atoms with Gasteiger partial charge in [0.2, 0.25) is 0 Å². The van der Waals surface area contributed by atoms with Crippen LogP contribution >= 0.6 is 34.8 Å². The SMILES string of the molecule is CC(=O)C(c1ccc(Cl)cc1Cl)N1CCN(C(=O)c2cc(Cl)ccc2C(F)(F)F)CC1. The van der Waals surface area contributed by atoms with Crippen LogP contribution in [0.15, 0.2) is 36.4 Å². The number of piperazine rings is 1. The van der Waals surface area contributed by atoms with Crippen LogP contribution in [0.4, 0.5) is 13.2 Å². The number of benzene rings is 2. The van der Waals surface area contributed by atoms with Crippen LogP contribution in [0.1, 0.15) is 34.5 Å². The van der Waals surface area contributed by atoms with Gasteiger partial charge in [-0.25, -0.2) is 0 Å². The highest BCUT2D eigenvalue weighted by molar-refractivity contribution is 6.35. The molecule has 0 saturated carbocycles. The summed E-state index contributed by atoms with van der Waals surface area (Å²) in [7, 11) is 0. The van der Waals surface area contributed by atoms with Gasteiger partial charge in [0.25, 0.3) is 5.91 Å². The zero-order valence-corrected chi connectivity index (χ0v) is 18.6. The summed E-state index contributed by atoms with van der Waals surface area (Å²) in [5.41, 5.74) is -0.927. The van der Waals surface area contributed by atoms with Crippen LogP contribution in [-0.2, 0) is 11.0 Å². The van der Waals surface area contributed by atoms with Gasteiger partial charge in [-0.15, -0.1) is 0 Å². The number of Topliss-reactive ketones (excluding diaryl/α,β-unsaturated/α-hetero) is 1. The molecule has 0 spiro atoms. The van der Waals surface area contributed by atoms with Crippen LogP contribution in [0.25, 0.3) is 0 Å². The minimum atomic E-state index is -4.68. The lowest BCUT2D eigenvalue weighted by molar-refractivity contribution is -0.138. The molecule has 0 radical (unpaired) electrons. The van der Waals surface area contributed by atoms with Crippen LogP contribution in [0.3, 0.4) is 0 Å². The Morgan fingerprint density at radius 2 is 1.52 bits per heavy atom. The molecule has 1 amide bonds. The summed E-state index contributed by atoms with van der Waals surface area (Å²) in [6.07, 6.45) is -4.68. The fourth-order valence-electron chi connectivity index (χ4n) is 3.69. The Hall–Kier alpha value is -1.80. The standard InChI is InChI=1S/C21H18Cl3F3N2O2/c1-12(30)19(15-4-2-14(23)11-18(15)24)28-6-8-29(9-7-28)20(31)16-10-13(22)3-5-17(16)21(25,26)27/h2-5,10-11,19H,6-9H2,1H3. The molecule has 2 aromatic rings. The third kappa shape index (κ3) is 5.34. The van der Waals surface area contributed by atoms with E-state index in [2.05, 4.69) is 0 Å². The van der Waals surface area contributed by atoms with E-state index in [-0.39, 0.29) is 37.0 Å². The predicted octanol–water partition coefficient (Wildman–Crippen LogP) is 5.75.